The Labute approximate surface area is 152 Å². The number of aromatic nitrogens is 2. The van der Waals surface area contributed by atoms with Crippen molar-refractivity contribution in [3.05, 3.63) is 39.8 Å². The molecule has 0 aliphatic rings. The van der Waals surface area contributed by atoms with Gasteiger partial charge in [-0.15, -0.1) is 11.3 Å². The second-order valence-electron chi connectivity index (χ2n) is 7.75. The summed E-state index contributed by atoms with van der Waals surface area (Å²) in [7, 11) is 1.72. The van der Waals surface area contributed by atoms with Gasteiger partial charge in [0.2, 0.25) is 5.91 Å². The van der Waals surface area contributed by atoms with Gasteiger partial charge in [0.25, 0.3) is 5.91 Å². The van der Waals surface area contributed by atoms with Crippen LogP contribution in [0.4, 0.5) is 0 Å². The number of likely N-dealkylation sites (N-methyl/N-ethyl adjacent to an activating group) is 1. The first kappa shape index (κ1) is 19.2. The molecule has 7 heteroatoms. The molecule has 0 aliphatic heterocycles. The number of nitrogens with one attached hydrogen (secondary N) is 2. The van der Waals surface area contributed by atoms with E-state index >= 15 is 0 Å². The van der Waals surface area contributed by atoms with E-state index in [1.807, 2.05) is 17.5 Å². The molecule has 2 N–H and O–H groups in total. The van der Waals surface area contributed by atoms with Gasteiger partial charge >= 0.3 is 0 Å². The van der Waals surface area contributed by atoms with E-state index in [1.165, 1.54) is 11.3 Å². The summed E-state index contributed by atoms with van der Waals surface area (Å²) in [6, 6.07) is 5.52. The number of amides is 2. The summed E-state index contributed by atoms with van der Waals surface area (Å²) in [6.07, 6.45) is 0. The lowest BCUT2D eigenvalue weighted by atomic mass is 9.92. The van der Waals surface area contributed by atoms with Crippen LogP contribution in [0, 0.1) is 0 Å². The number of rotatable bonds is 5. The Morgan fingerprint density at radius 2 is 1.96 bits per heavy atom. The fourth-order valence-corrected chi connectivity index (χ4v) is 3.06. The molecule has 0 bridgehead atoms. The maximum atomic E-state index is 12.8. The predicted molar refractivity (Wildman–Crippen MR) is 99.6 cm³/mol. The molecule has 136 valence electrons. The number of carbonyl (C=O) groups is 2. The minimum Gasteiger partial charge on any atom is -0.338 e. The van der Waals surface area contributed by atoms with Crippen molar-refractivity contribution in [3.63, 3.8) is 0 Å². The molecule has 0 fully saturated rings. The fourth-order valence-electron chi connectivity index (χ4n) is 2.44. The summed E-state index contributed by atoms with van der Waals surface area (Å²) < 4.78 is 0. The molecular weight excluding hydrogens is 336 g/mol. The average Bonchev–Trinajstić information content (AvgIpc) is 3.16. The molecule has 0 atom stereocenters. The van der Waals surface area contributed by atoms with E-state index in [2.05, 4.69) is 36.3 Å². The van der Waals surface area contributed by atoms with Gasteiger partial charge in [-0.1, -0.05) is 26.8 Å². The zero-order valence-corrected chi connectivity index (χ0v) is 16.5. The molecule has 0 aliphatic carbocycles. The average molecular weight is 362 g/mol. The first-order valence-corrected chi connectivity index (χ1v) is 9.05. The number of nitrogens with zero attached hydrogens (tertiary/aromatic N) is 2. The van der Waals surface area contributed by atoms with E-state index in [0.29, 0.717) is 11.4 Å². The number of hydrogen-bond donors (Lipinski definition) is 2. The van der Waals surface area contributed by atoms with Gasteiger partial charge in [-0.05, 0) is 31.4 Å². The maximum absolute atomic E-state index is 12.8. The molecule has 2 aromatic heterocycles. The Bertz CT molecular complexity index is 741. The van der Waals surface area contributed by atoms with Crippen molar-refractivity contribution in [2.24, 2.45) is 0 Å². The second-order valence-corrected chi connectivity index (χ2v) is 8.69. The molecule has 2 amide bonds. The third-order valence-corrected chi connectivity index (χ3v) is 4.73. The molecule has 2 rings (SSSR count). The molecule has 0 radical (unpaired) electrons. The second kappa shape index (κ2) is 7.00. The van der Waals surface area contributed by atoms with Crippen LogP contribution in [-0.4, -0.2) is 39.5 Å². The van der Waals surface area contributed by atoms with Crippen molar-refractivity contribution < 1.29 is 9.59 Å². The summed E-state index contributed by atoms with van der Waals surface area (Å²) in [4.78, 5) is 27.2. The minimum atomic E-state index is -0.997. The molecular formula is C18H26N4O2S. The molecule has 0 spiro atoms. The van der Waals surface area contributed by atoms with Crippen LogP contribution >= 0.6 is 11.3 Å². The van der Waals surface area contributed by atoms with E-state index < -0.39 is 5.54 Å². The highest BCUT2D eigenvalue weighted by Gasteiger charge is 2.33. The SMILES string of the molecule is CN(Cc1cc(C(C)(C)C)n[nH]1)C(=O)C(C)(C)NC(=O)c1cccs1. The highest BCUT2D eigenvalue weighted by Crippen LogP contribution is 2.21. The van der Waals surface area contributed by atoms with Crippen LogP contribution in [0.15, 0.2) is 23.6 Å². The van der Waals surface area contributed by atoms with Crippen LogP contribution in [0.2, 0.25) is 0 Å². The Hall–Kier alpha value is -2.15. The number of hydrogen-bond acceptors (Lipinski definition) is 4. The molecule has 6 nitrogen and oxygen atoms in total. The van der Waals surface area contributed by atoms with E-state index in [4.69, 9.17) is 0 Å². The predicted octanol–water partition coefficient (Wildman–Crippen LogP) is 2.94. The number of thiophene rings is 1. The number of aromatic amines is 1. The van der Waals surface area contributed by atoms with Gasteiger partial charge in [0.15, 0.2) is 0 Å². The van der Waals surface area contributed by atoms with Crippen molar-refractivity contribution in [2.45, 2.75) is 52.1 Å². The monoisotopic (exact) mass is 362 g/mol. The van der Waals surface area contributed by atoms with Gasteiger partial charge < -0.3 is 10.2 Å². The largest absolute Gasteiger partial charge is 0.338 e. The lowest BCUT2D eigenvalue weighted by Gasteiger charge is -2.29. The third kappa shape index (κ3) is 4.69. The molecule has 0 aromatic carbocycles. The van der Waals surface area contributed by atoms with Gasteiger partial charge in [-0.2, -0.15) is 5.10 Å². The molecule has 0 saturated carbocycles. The maximum Gasteiger partial charge on any atom is 0.262 e. The summed E-state index contributed by atoms with van der Waals surface area (Å²) in [5.74, 6) is -0.400. The lowest BCUT2D eigenvalue weighted by Crippen LogP contribution is -2.54. The Balaban J connectivity index is 2.02. The first-order valence-electron chi connectivity index (χ1n) is 8.17. The number of carbonyl (C=O) groups excluding carboxylic acids is 2. The van der Waals surface area contributed by atoms with Crippen LogP contribution in [0.25, 0.3) is 0 Å². The van der Waals surface area contributed by atoms with E-state index in [1.54, 1.807) is 31.9 Å². The van der Waals surface area contributed by atoms with E-state index in [-0.39, 0.29) is 17.2 Å². The Kier molecular flexibility index (Phi) is 5.37. The van der Waals surface area contributed by atoms with Crippen LogP contribution in [0.5, 0.6) is 0 Å². The van der Waals surface area contributed by atoms with Crippen molar-refractivity contribution in [2.75, 3.05) is 7.05 Å². The first-order chi connectivity index (χ1) is 11.5. The molecule has 2 heterocycles. The molecule has 2 aromatic rings. The highest BCUT2D eigenvalue weighted by molar-refractivity contribution is 7.12. The van der Waals surface area contributed by atoms with Crippen molar-refractivity contribution in [1.29, 1.82) is 0 Å². The van der Waals surface area contributed by atoms with Gasteiger partial charge in [0.1, 0.15) is 5.54 Å². The lowest BCUT2D eigenvalue weighted by molar-refractivity contribution is -0.136. The summed E-state index contributed by atoms with van der Waals surface area (Å²) in [6.45, 7) is 10.1. The molecule has 0 saturated heterocycles. The van der Waals surface area contributed by atoms with Crippen LogP contribution < -0.4 is 5.32 Å². The van der Waals surface area contributed by atoms with Crippen LogP contribution in [0.3, 0.4) is 0 Å². The van der Waals surface area contributed by atoms with Crippen molar-refractivity contribution in [1.82, 2.24) is 20.4 Å². The Morgan fingerprint density at radius 1 is 1.28 bits per heavy atom. The minimum absolute atomic E-state index is 0.0503. The topological polar surface area (TPSA) is 78.1 Å². The van der Waals surface area contributed by atoms with Gasteiger partial charge in [-0.25, -0.2) is 0 Å². The van der Waals surface area contributed by atoms with Crippen molar-refractivity contribution in [3.8, 4) is 0 Å². The van der Waals surface area contributed by atoms with E-state index in [9.17, 15) is 9.59 Å². The molecule has 25 heavy (non-hydrogen) atoms. The van der Waals surface area contributed by atoms with Crippen LogP contribution in [-0.2, 0) is 16.8 Å². The Morgan fingerprint density at radius 3 is 2.48 bits per heavy atom. The summed E-state index contributed by atoms with van der Waals surface area (Å²) >= 11 is 1.35. The zero-order valence-electron chi connectivity index (χ0n) is 15.6. The van der Waals surface area contributed by atoms with Crippen LogP contribution in [0.1, 0.15) is 55.7 Å². The third-order valence-electron chi connectivity index (χ3n) is 3.86. The van der Waals surface area contributed by atoms with Gasteiger partial charge in [0, 0.05) is 12.5 Å². The fraction of sp³-hybridized carbons (Fsp3) is 0.500. The standard InChI is InChI=1S/C18H26N4O2S/c1-17(2,3)14-10-12(20-21-14)11-22(6)16(24)18(4,5)19-15(23)13-8-7-9-25-13/h7-10H,11H2,1-6H3,(H,19,23)(H,20,21). The van der Waals surface area contributed by atoms with Gasteiger partial charge in [0.05, 0.1) is 22.8 Å². The quantitative estimate of drug-likeness (QED) is 0.858. The van der Waals surface area contributed by atoms with Crippen molar-refractivity contribution >= 4 is 23.2 Å². The molecule has 0 unspecified atom stereocenters. The highest BCUT2D eigenvalue weighted by atomic mass is 32.1. The van der Waals surface area contributed by atoms with E-state index in [0.717, 1.165) is 11.4 Å². The number of H-pyrrole nitrogens is 1. The van der Waals surface area contributed by atoms with Gasteiger partial charge in [-0.3, -0.25) is 14.7 Å². The smallest absolute Gasteiger partial charge is 0.262 e. The normalized spacial score (nSPS) is 12.1. The zero-order chi connectivity index (χ0) is 18.8. The summed E-state index contributed by atoms with van der Waals surface area (Å²) in [5.41, 5.74) is 0.767. The summed E-state index contributed by atoms with van der Waals surface area (Å²) in [5, 5.41) is 11.9.